The number of amides is 1. The fourth-order valence-electron chi connectivity index (χ4n) is 3.55. The third-order valence-electron chi connectivity index (χ3n) is 4.67. The minimum atomic E-state index is -1.07. The number of carbonyl (C=O) groups is 2. The molecule has 0 saturated carbocycles. The van der Waals surface area contributed by atoms with Crippen LogP contribution in [0.3, 0.4) is 0 Å². The second-order valence-electron chi connectivity index (χ2n) is 6.01. The number of β-lactam (4-membered cyclic amide) rings is 1. The Hall–Kier alpha value is -2.87. The topological polar surface area (TPSA) is 97.3 Å². The maximum atomic E-state index is 12.2. The fourth-order valence-corrected chi connectivity index (χ4v) is 3.55. The quantitative estimate of drug-likeness (QED) is 0.652. The van der Waals surface area contributed by atoms with Gasteiger partial charge in [-0.2, -0.15) is 5.10 Å². The second-order valence-corrected chi connectivity index (χ2v) is 6.01. The Morgan fingerprint density at radius 3 is 3.17 bits per heavy atom. The molecule has 24 heavy (non-hydrogen) atoms. The highest BCUT2D eigenvalue weighted by Gasteiger charge is 2.48. The molecule has 1 fully saturated rings. The Morgan fingerprint density at radius 1 is 1.46 bits per heavy atom. The van der Waals surface area contributed by atoms with Crippen LogP contribution >= 0.6 is 0 Å². The zero-order chi connectivity index (χ0) is 16.4. The second kappa shape index (κ2) is 4.57. The summed E-state index contributed by atoms with van der Waals surface area (Å²) in [4.78, 5) is 24.7. The molecule has 5 rings (SSSR count). The van der Waals surface area contributed by atoms with Crippen molar-refractivity contribution >= 4 is 23.7 Å². The van der Waals surface area contributed by atoms with Gasteiger partial charge in [-0.05, 0) is 12.5 Å². The Labute approximate surface area is 135 Å². The molecule has 1 unspecified atom stereocenters. The van der Waals surface area contributed by atoms with Gasteiger partial charge in [0, 0.05) is 18.1 Å². The molecule has 8 nitrogen and oxygen atoms in total. The molecule has 1 atom stereocenters. The van der Waals surface area contributed by atoms with Crippen molar-refractivity contribution in [2.24, 2.45) is 0 Å². The van der Waals surface area contributed by atoms with E-state index in [1.807, 2.05) is 0 Å². The van der Waals surface area contributed by atoms with Gasteiger partial charge in [-0.15, -0.1) is 0 Å². The number of hydrogen-bond donors (Lipinski definition) is 1. The molecule has 5 heterocycles. The number of aliphatic carboxylic acids is 1. The van der Waals surface area contributed by atoms with E-state index in [1.165, 1.54) is 4.90 Å². The van der Waals surface area contributed by atoms with Crippen molar-refractivity contribution < 1.29 is 23.8 Å². The number of oxazole rings is 1. The Morgan fingerprint density at radius 2 is 2.33 bits per heavy atom. The van der Waals surface area contributed by atoms with Crippen LogP contribution in [0.5, 0.6) is 0 Å². The van der Waals surface area contributed by atoms with Gasteiger partial charge in [-0.3, -0.25) is 9.69 Å². The van der Waals surface area contributed by atoms with E-state index in [0.29, 0.717) is 36.6 Å². The van der Waals surface area contributed by atoms with Crippen LogP contribution in [0.2, 0.25) is 0 Å². The van der Waals surface area contributed by atoms with Crippen LogP contribution in [0.1, 0.15) is 23.6 Å². The molecule has 2 aromatic heterocycles. The van der Waals surface area contributed by atoms with E-state index in [0.717, 1.165) is 17.9 Å². The van der Waals surface area contributed by atoms with Crippen LogP contribution in [0.4, 0.5) is 0 Å². The molecule has 0 aromatic carbocycles. The molecule has 0 spiro atoms. The lowest BCUT2D eigenvalue weighted by molar-refractivity contribution is -0.142. The van der Waals surface area contributed by atoms with Crippen LogP contribution in [0.15, 0.2) is 27.8 Å². The van der Waals surface area contributed by atoms with E-state index >= 15 is 0 Å². The third kappa shape index (κ3) is 1.68. The van der Waals surface area contributed by atoms with Gasteiger partial charge >= 0.3 is 5.97 Å². The highest BCUT2D eigenvalue weighted by atomic mass is 16.5. The number of fused-ring (bicyclic) bond motifs is 4. The molecular formula is C16H13N3O5. The van der Waals surface area contributed by atoms with E-state index in [1.54, 1.807) is 22.7 Å². The normalized spacial score (nSPS) is 24.1. The van der Waals surface area contributed by atoms with Crippen LogP contribution in [0.25, 0.3) is 11.8 Å². The summed E-state index contributed by atoms with van der Waals surface area (Å²) in [6.45, 7) is 1.09. The number of carbonyl (C=O) groups excluding carboxylic acids is 1. The molecule has 1 N–H and O–H groups in total. The molecule has 1 amide bonds. The predicted octanol–water partition coefficient (Wildman–Crippen LogP) is 0.966. The van der Waals surface area contributed by atoms with Gasteiger partial charge in [0.25, 0.3) is 5.91 Å². The van der Waals surface area contributed by atoms with Crippen molar-refractivity contribution in [2.75, 3.05) is 6.61 Å². The first-order valence-corrected chi connectivity index (χ1v) is 7.70. The SMILES string of the molecule is O=C(O)C1=CCC2/C(=C\c3cc4oc5c(n4n3)CCOC5)C(=O)N12. The highest BCUT2D eigenvalue weighted by molar-refractivity contribution is 6.11. The monoisotopic (exact) mass is 327 g/mol. The lowest BCUT2D eigenvalue weighted by Gasteiger charge is -2.38. The molecule has 3 aliphatic rings. The van der Waals surface area contributed by atoms with E-state index in [4.69, 9.17) is 14.3 Å². The minimum absolute atomic E-state index is 0.0646. The fraction of sp³-hybridized carbons (Fsp3) is 0.312. The van der Waals surface area contributed by atoms with E-state index < -0.39 is 5.97 Å². The van der Waals surface area contributed by atoms with Gasteiger partial charge in [0.1, 0.15) is 12.3 Å². The average molecular weight is 327 g/mol. The summed E-state index contributed by atoms with van der Waals surface area (Å²) in [6, 6.07) is 1.58. The summed E-state index contributed by atoms with van der Waals surface area (Å²) in [7, 11) is 0. The lowest BCUT2D eigenvalue weighted by atomic mass is 9.93. The molecule has 0 radical (unpaired) electrons. The molecule has 122 valence electrons. The molecule has 2 aromatic rings. The standard InChI is InChI=1S/C16H13N3O5/c20-15-9(10-1-2-12(16(21)22)18(10)15)5-8-6-14-19(17-8)11-3-4-23-7-13(11)24-14/h2,5-6,10H,1,3-4,7H2,(H,21,22)/b9-5+. The zero-order valence-corrected chi connectivity index (χ0v) is 12.6. The predicted molar refractivity (Wildman–Crippen MR) is 79.8 cm³/mol. The summed E-state index contributed by atoms with van der Waals surface area (Å²) >= 11 is 0. The van der Waals surface area contributed by atoms with E-state index in [-0.39, 0.29) is 17.6 Å². The summed E-state index contributed by atoms with van der Waals surface area (Å²) in [6.07, 6.45) is 4.56. The Kier molecular flexibility index (Phi) is 2.58. The van der Waals surface area contributed by atoms with Gasteiger partial charge in [-0.1, -0.05) is 6.08 Å². The number of aromatic nitrogens is 2. The number of hydrogen-bond acceptors (Lipinski definition) is 5. The summed E-state index contributed by atoms with van der Waals surface area (Å²) in [5.74, 6) is -0.551. The van der Waals surface area contributed by atoms with Crippen LogP contribution in [-0.2, 0) is 27.4 Å². The maximum absolute atomic E-state index is 12.2. The van der Waals surface area contributed by atoms with Crippen LogP contribution < -0.4 is 0 Å². The first-order valence-electron chi connectivity index (χ1n) is 7.70. The van der Waals surface area contributed by atoms with Crippen molar-refractivity contribution in [3.05, 3.63) is 40.6 Å². The first-order chi connectivity index (χ1) is 11.6. The van der Waals surface area contributed by atoms with E-state index in [9.17, 15) is 9.59 Å². The number of nitrogens with zero attached hydrogens (tertiary/aromatic N) is 3. The molecule has 8 heteroatoms. The Bertz CT molecular complexity index is 964. The van der Waals surface area contributed by atoms with Crippen LogP contribution in [-0.4, -0.2) is 44.1 Å². The van der Waals surface area contributed by atoms with Crippen molar-refractivity contribution in [1.82, 2.24) is 14.5 Å². The molecule has 3 aliphatic heterocycles. The van der Waals surface area contributed by atoms with Gasteiger partial charge in [-0.25, -0.2) is 9.31 Å². The lowest BCUT2D eigenvalue weighted by Crippen LogP contribution is -2.52. The van der Waals surface area contributed by atoms with Gasteiger partial charge in [0.15, 0.2) is 5.76 Å². The number of carboxylic acids is 1. The molecular weight excluding hydrogens is 314 g/mol. The smallest absolute Gasteiger partial charge is 0.352 e. The highest BCUT2D eigenvalue weighted by Crippen LogP contribution is 2.39. The number of carboxylic acid groups (broad SMARTS) is 1. The van der Waals surface area contributed by atoms with Crippen molar-refractivity contribution in [2.45, 2.75) is 25.5 Å². The van der Waals surface area contributed by atoms with Gasteiger partial charge in [0.2, 0.25) is 5.71 Å². The summed E-state index contributed by atoms with van der Waals surface area (Å²) < 4.78 is 12.8. The van der Waals surface area contributed by atoms with Crippen molar-refractivity contribution in [3.8, 4) is 0 Å². The number of ether oxygens (including phenoxy) is 1. The number of rotatable bonds is 2. The van der Waals surface area contributed by atoms with E-state index in [2.05, 4.69) is 5.10 Å². The first kappa shape index (κ1) is 13.6. The molecule has 0 bridgehead atoms. The maximum Gasteiger partial charge on any atom is 0.352 e. The largest absolute Gasteiger partial charge is 0.477 e. The van der Waals surface area contributed by atoms with Gasteiger partial charge < -0.3 is 14.3 Å². The summed E-state index contributed by atoms with van der Waals surface area (Å²) in [5, 5.41) is 13.6. The van der Waals surface area contributed by atoms with Gasteiger partial charge in [0.05, 0.1) is 24.0 Å². The van der Waals surface area contributed by atoms with Crippen molar-refractivity contribution in [3.63, 3.8) is 0 Å². The molecule has 0 aliphatic carbocycles. The third-order valence-corrected chi connectivity index (χ3v) is 4.67. The zero-order valence-electron chi connectivity index (χ0n) is 12.6. The molecule has 1 saturated heterocycles. The minimum Gasteiger partial charge on any atom is -0.477 e. The Balaban J connectivity index is 1.47. The van der Waals surface area contributed by atoms with Crippen molar-refractivity contribution in [1.29, 1.82) is 0 Å². The van der Waals surface area contributed by atoms with Crippen LogP contribution in [0, 0.1) is 0 Å². The average Bonchev–Trinajstić information content (AvgIpc) is 3.22. The summed E-state index contributed by atoms with van der Waals surface area (Å²) in [5.41, 5.74) is 2.90.